The van der Waals surface area contributed by atoms with Crippen molar-refractivity contribution in [2.45, 2.75) is 0 Å². The van der Waals surface area contributed by atoms with Gasteiger partial charge >= 0.3 is 0 Å². The summed E-state index contributed by atoms with van der Waals surface area (Å²) < 4.78 is 0. The van der Waals surface area contributed by atoms with Crippen LogP contribution in [0.5, 0.6) is 0 Å². The Bertz CT molecular complexity index is 109. The van der Waals surface area contributed by atoms with Crippen LogP contribution in [0.25, 0.3) is 0 Å². The molecule has 0 unspecified atom stereocenters. The molecule has 0 aliphatic rings. The standard InChI is InChI=1S/C10H24N2S2/c1-11(7-9-13-3)5-6-12(2)8-10-14-4/h5-10H2,1-4H3. The molecular formula is C10H24N2S2. The highest BCUT2D eigenvalue weighted by molar-refractivity contribution is 7.98. The van der Waals surface area contributed by atoms with E-state index in [-0.39, 0.29) is 0 Å². The topological polar surface area (TPSA) is 6.48 Å². The first-order valence-corrected chi connectivity index (χ1v) is 7.84. The normalized spacial score (nSPS) is 11.6. The van der Waals surface area contributed by atoms with Crippen LogP contribution in [0.1, 0.15) is 0 Å². The highest BCUT2D eigenvalue weighted by Crippen LogP contribution is 1.95. The summed E-state index contributed by atoms with van der Waals surface area (Å²) in [5, 5.41) is 0. The van der Waals surface area contributed by atoms with Gasteiger partial charge in [0.1, 0.15) is 0 Å². The molecule has 0 aliphatic carbocycles. The molecule has 0 aliphatic heterocycles. The van der Waals surface area contributed by atoms with E-state index in [2.05, 4.69) is 36.4 Å². The summed E-state index contributed by atoms with van der Waals surface area (Å²) in [5.41, 5.74) is 0. The van der Waals surface area contributed by atoms with Crippen molar-refractivity contribution in [3.05, 3.63) is 0 Å². The van der Waals surface area contributed by atoms with Crippen LogP contribution in [-0.2, 0) is 0 Å². The molecule has 0 saturated heterocycles. The molecular weight excluding hydrogens is 212 g/mol. The van der Waals surface area contributed by atoms with Crippen LogP contribution in [0.2, 0.25) is 0 Å². The molecule has 4 heteroatoms. The van der Waals surface area contributed by atoms with Gasteiger partial charge in [-0.2, -0.15) is 23.5 Å². The monoisotopic (exact) mass is 236 g/mol. The molecule has 0 bridgehead atoms. The van der Waals surface area contributed by atoms with Crippen LogP contribution in [0.3, 0.4) is 0 Å². The quantitative estimate of drug-likeness (QED) is 0.599. The number of thioether (sulfide) groups is 2. The first-order chi connectivity index (χ1) is 6.70. The maximum Gasteiger partial charge on any atom is 0.0107 e. The number of rotatable bonds is 9. The van der Waals surface area contributed by atoms with Gasteiger partial charge in [-0.05, 0) is 26.6 Å². The van der Waals surface area contributed by atoms with E-state index < -0.39 is 0 Å². The first kappa shape index (κ1) is 14.6. The molecule has 0 N–H and O–H groups in total. The summed E-state index contributed by atoms with van der Waals surface area (Å²) in [6, 6.07) is 0. The molecule has 0 atom stereocenters. The van der Waals surface area contributed by atoms with Crippen LogP contribution in [0, 0.1) is 0 Å². The number of hydrogen-bond acceptors (Lipinski definition) is 4. The minimum absolute atomic E-state index is 1.19. The predicted octanol–water partition coefficient (Wildman–Crippen LogP) is 1.58. The van der Waals surface area contributed by atoms with Gasteiger partial charge in [0.25, 0.3) is 0 Å². The van der Waals surface area contributed by atoms with Crippen LogP contribution in [-0.4, -0.2) is 74.1 Å². The molecule has 0 amide bonds. The van der Waals surface area contributed by atoms with Gasteiger partial charge in [-0.25, -0.2) is 0 Å². The summed E-state index contributed by atoms with van der Waals surface area (Å²) in [6.07, 6.45) is 4.33. The average Bonchev–Trinajstić information content (AvgIpc) is 2.20. The van der Waals surface area contributed by atoms with Crippen molar-refractivity contribution in [3.8, 4) is 0 Å². The highest BCUT2D eigenvalue weighted by atomic mass is 32.2. The van der Waals surface area contributed by atoms with E-state index >= 15 is 0 Å². The Morgan fingerprint density at radius 2 is 1.07 bits per heavy atom. The molecule has 0 radical (unpaired) electrons. The molecule has 14 heavy (non-hydrogen) atoms. The van der Waals surface area contributed by atoms with Gasteiger partial charge in [0.05, 0.1) is 0 Å². The van der Waals surface area contributed by atoms with E-state index in [0.717, 1.165) is 0 Å². The first-order valence-electron chi connectivity index (χ1n) is 5.05. The van der Waals surface area contributed by atoms with E-state index in [4.69, 9.17) is 0 Å². The highest BCUT2D eigenvalue weighted by Gasteiger charge is 2.00. The minimum Gasteiger partial charge on any atom is -0.304 e. The summed E-state index contributed by atoms with van der Waals surface area (Å²) in [5.74, 6) is 2.48. The minimum atomic E-state index is 1.19. The summed E-state index contributed by atoms with van der Waals surface area (Å²) >= 11 is 3.84. The van der Waals surface area contributed by atoms with Crippen molar-refractivity contribution in [1.82, 2.24) is 9.80 Å². The lowest BCUT2D eigenvalue weighted by atomic mass is 10.5. The lowest BCUT2D eigenvalue weighted by Gasteiger charge is -2.21. The maximum atomic E-state index is 2.41. The fourth-order valence-corrected chi connectivity index (χ4v) is 2.05. The Balaban J connectivity index is 3.31. The third kappa shape index (κ3) is 9.19. The van der Waals surface area contributed by atoms with Crippen LogP contribution >= 0.6 is 23.5 Å². The molecule has 0 aromatic heterocycles. The van der Waals surface area contributed by atoms with E-state index in [1.54, 1.807) is 0 Å². The predicted molar refractivity (Wildman–Crippen MR) is 71.8 cm³/mol. The van der Waals surface area contributed by atoms with Gasteiger partial charge in [-0.15, -0.1) is 0 Å². The van der Waals surface area contributed by atoms with Gasteiger partial charge in [0.2, 0.25) is 0 Å². The lowest BCUT2D eigenvalue weighted by Crippen LogP contribution is -2.33. The van der Waals surface area contributed by atoms with Gasteiger partial charge < -0.3 is 9.80 Å². The Morgan fingerprint density at radius 1 is 0.714 bits per heavy atom. The molecule has 0 saturated carbocycles. The van der Waals surface area contributed by atoms with Crippen molar-refractivity contribution in [3.63, 3.8) is 0 Å². The van der Waals surface area contributed by atoms with Gasteiger partial charge in [0, 0.05) is 37.7 Å². The molecule has 86 valence electrons. The SMILES string of the molecule is CSCCN(C)CCN(C)CCSC. The molecule has 0 rings (SSSR count). The summed E-state index contributed by atoms with van der Waals surface area (Å²) in [6.45, 7) is 4.78. The number of likely N-dealkylation sites (N-methyl/N-ethyl adjacent to an activating group) is 2. The molecule has 0 aromatic rings. The third-order valence-corrected chi connectivity index (χ3v) is 3.40. The number of hydrogen-bond donors (Lipinski definition) is 0. The van der Waals surface area contributed by atoms with E-state index in [1.807, 2.05) is 23.5 Å². The van der Waals surface area contributed by atoms with Crippen molar-refractivity contribution in [2.75, 3.05) is 64.3 Å². The van der Waals surface area contributed by atoms with Crippen molar-refractivity contribution < 1.29 is 0 Å². The Morgan fingerprint density at radius 3 is 1.36 bits per heavy atom. The van der Waals surface area contributed by atoms with Crippen molar-refractivity contribution in [2.24, 2.45) is 0 Å². The fourth-order valence-electron chi connectivity index (χ4n) is 1.06. The van der Waals surface area contributed by atoms with E-state index in [9.17, 15) is 0 Å². The average molecular weight is 236 g/mol. The molecule has 0 aromatic carbocycles. The van der Waals surface area contributed by atoms with E-state index in [0.29, 0.717) is 0 Å². The molecule has 2 nitrogen and oxygen atoms in total. The molecule has 0 heterocycles. The largest absolute Gasteiger partial charge is 0.304 e. The molecule has 0 fully saturated rings. The van der Waals surface area contributed by atoms with Crippen LogP contribution in [0.4, 0.5) is 0 Å². The van der Waals surface area contributed by atoms with Gasteiger partial charge in [-0.3, -0.25) is 0 Å². The van der Waals surface area contributed by atoms with Crippen molar-refractivity contribution >= 4 is 23.5 Å². The Labute approximate surface area is 97.8 Å². The lowest BCUT2D eigenvalue weighted by molar-refractivity contribution is 0.274. The second-order valence-corrected chi connectivity index (χ2v) is 5.56. The summed E-state index contributed by atoms with van der Waals surface area (Å²) in [7, 11) is 4.41. The third-order valence-electron chi connectivity index (χ3n) is 2.22. The fraction of sp³-hybridized carbons (Fsp3) is 1.00. The van der Waals surface area contributed by atoms with Crippen molar-refractivity contribution in [1.29, 1.82) is 0 Å². The van der Waals surface area contributed by atoms with Crippen LogP contribution < -0.4 is 0 Å². The number of nitrogens with zero attached hydrogens (tertiary/aromatic N) is 2. The zero-order valence-corrected chi connectivity index (χ0v) is 11.6. The smallest absolute Gasteiger partial charge is 0.0107 e. The zero-order chi connectivity index (χ0) is 10.8. The Kier molecular flexibility index (Phi) is 10.6. The van der Waals surface area contributed by atoms with E-state index in [1.165, 1.54) is 37.7 Å². The zero-order valence-electron chi connectivity index (χ0n) is 9.95. The van der Waals surface area contributed by atoms with Gasteiger partial charge in [-0.1, -0.05) is 0 Å². The van der Waals surface area contributed by atoms with Gasteiger partial charge in [0.15, 0.2) is 0 Å². The molecule has 0 spiro atoms. The second kappa shape index (κ2) is 10.1. The van der Waals surface area contributed by atoms with Crippen LogP contribution in [0.15, 0.2) is 0 Å². The Hall–Kier alpha value is 0.620. The maximum absolute atomic E-state index is 2.41. The second-order valence-electron chi connectivity index (χ2n) is 3.59. The summed E-state index contributed by atoms with van der Waals surface area (Å²) in [4.78, 5) is 4.82.